The lowest BCUT2D eigenvalue weighted by Gasteiger charge is -2.34. The van der Waals surface area contributed by atoms with Crippen LogP contribution in [0.3, 0.4) is 0 Å². The third-order valence-electron chi connectivity index (χ3n) is 4.63. The molecule has 0 unspecified atom stereocenters. The molecule has 3 rings (SSSR count). The quantitative estimate of drug-likeness (QED) is 0.817. The minimum atomic E-state index is -3.15. The molecule has 2 heterocycles. The summed E-state index contributed by atoms with van der Waals surface area (Å²) in [5, 5.41) is 4.43. The zero-order valence-electron chi connectivity index (χ0n) is 14.9. The normalized spacial score (nSPS) is 18.2. The molecule has 0 fully saturated rings. The molecule has 7 heteroatoms. The van der Waals surface area contributed by atoms with Gasteiger partial charge >= 0.3 is 0 Å². The number of fused-ring (bicyclic) bond motifs is 1. The highest BCUT2D eigenvalue weighted by Gasteiger charge is 2.25. The Bertz CT molecular complexity index is 799. The molecular formula is C18H26N4O2S. The van der Waals surface area contributed by atoms with Crippen LogP contribution < -0.4 is 4.72 Å². The van der Waals surface area contributed by atoms with E-state index in [1.165, 1.54) is 23.1 Å². The van der Waals surface area contributed by atoms with Crippen LogP contribution in [0.2, 0.25) is 0 Å². The van der Waals surface area contributed by atoms with E-state index in [4.69, 9.17) is 0 Å². The number of hydrogen-bond donors (Lipinski definition) is 1. The highest BCUT2D eigenvalue weighted by atomic mass is 32.2. The highest BCUT2D eigenvalue weighted by Crippen LogP contribution is 2.24. The maximum Gasteiger partial charge on any atom is 0.208 e. The first kappa shape index (κ1) is 18.1. The van der Waals surface area contributed by atoms with Gasteiger partial charge in [-0.2, -0.15) is 5.10 Å². The summed E-state index contributed by atoms with van der Waals surface area (Å²) in [6.45, 7) is 5.23. The summed E-state index contributed by atoms with van der Waals surface area (Å²) >= 11 is 0. The van der Waals surface area contributed by atoms with Crippen LogP contribution in [0.4, 0.5) is 0 Å². The Kier molecular flexibility index (Phi) is 5.56. The molecule has 136 valence electrons. The fraction of sp³-hybridized carbons (Fsp3) is 0.500. The molecule has 0 radical (unpaired) electrons. The van der Waals surface area contributed by atoms with Crippen molar-refractivity contribution >= 4 is 10.0 Å². The summed E-state index contributed by atoms with van der Waals surface area (Å²) in [5.74, 6) is 0. The van der Waals surface area contributed by atoms with Crippen molar-refractivity contribution in [2.24, 2.45) is 0 Å². The van der Waals surface area contributed by atoms with Gasteiger partial charge in [-0.15, -0.1) is 0 Å². The summed E-state index contributed by atoms with van der Waals surface area (Å²) in [6.07, 6.45) is 4.80. The second kappa shape index (κ2) is 7.68. The van der Waals surface area contributed by atoms with Gasteiger partial charge in [-0.1, -0.05) is 31.2 Å². The number of nitrogens with one attached hydrogen (secondary N) is 1. The smallest absolute Gasteiger partial charge is 0.208 e. The summed E-state index contributed by atoms with van der Waals surface area (Å²) in [7, 11) is -3.15. The maximum atomic E-state index is 11.3. The molecule has 0 saturated heterocycles. The average molecular weight is 362 g/mol. The topological polar surface area (TPSA) is 67.2 Å². The lowest BCUT2D eigenvalue weighted by Crippen LogP contribution is -2.38. The minimum absolute atomic E-state index is 0.183. The van der Waals surface area contributed by atoms with E-state index >= 15 is 0 Å². The Balaban J connectivity index is 1.66. The van der Waals surface area contributed by atoms with Crippen LogP contribution in [0.1, 0.15) is 36.2 Å². The molecule has 0 spiro atoms. The Morgan fingerprint density at radius 2 is 1.92 bits per heavy atom. The number of aryl methyl sites for hydroxylation is 1. The number of benzene rings is 1. The molecule has 1 aliphatic heterocycles. The molecule has 2 aromatic rings. The summed E-state index contributed by atoms with van der Waals surface area (Å²) < 4.78 is 27.2. The van der Waals surface area contributed by atoms with Crippen LogP contribution in [0, 0.1) is 0 Å². The third kappa shape index (κ3) is 4.90. The molecule has 25 heavy (non-hydrogen) atoms. The van der Waals surface area contributed by atoms with Crippen LogP contribution in [-0.4, -0.2) is 42.4 Å². The van der Waals surface area contributed by atoms with Crippen molar-refractivity contribution in [3.8, 4) is 0 Å². The SMILES string of the molecule is CCc1ccc(CN2Cc3ccnn3[C@@H](CCNS(C)(=O)=O)C2)cc1. The van der Waals surface area contributed by atoms with Gasteiger partial charge in [0.25, 0.3) is 0 Å². The van der Waals surface area contributed by atoms with E-state index < -0.39 is 10.0 Å². The average Bonchev–Trinajstić information content (AvgIpc) is 3.03. The monoisotopic (exact) mass is 362 g/mol. The molecule has 0 bridgehead atoms. The number of hydrogen-bond acceptors (Lipinski definition) is 4. The fourth-order valence-electron chi connectivity index (χ4n) is 3.35. The van der Waals surface area contributed by atoms with E-state index in [-0.39, 0.29) is 6.04 Å². The van der Waals surface area contributed by atoms with Gasteiger partial charge in [0.05, 0.1) is 18.0 Å². The third-order valence-corrected chi connectivity index (χ3v) is 5.36. The molecule has 0 saturated carbocycles. The lowest BCUT2D eigenvalue weighted by atomic mass is 10.1. The first-order chi connectivity index (χ1) is 11.9. The van der Waals surface area contributed by atoms with Crippen LogP contribution in [0.5, 0.6) is 0 Å². The second-order valence-corrected chi connectivity index (χ2v) is 8.55. The van der Waals surface area contributed by atoms with E-state index in [9.17, 15) is 8.42 Å². The van der Waals surface area contributed by atoms with Crippen LogP contribution in [0.15, 0.2) is 36.5 Å². The van der Waals surface area contributed by atoms with Crippen molar-refractivity contribution in [1.29, 1.82) is 0 Å². The van der Waals surface area contributed by atoms with Crippen molar-refractivity contribution in [2.45, 2.75) is 38.9 Å². The molecule has 6 nitrogen and oxygen atoms in total. The molecule has 0 amide bonds. The molecule has 1 aliphatic rings. The van der Waals surface area contributed by atoms with Gasteiger partial charge in [0.15, 0.2) is 0 Å². The molecule has 1 atom stereocenters. The van der Waals surface area contributed by atoms with Gasteiger partial charge in [0.2, 0.25) is 10.0 Å². The minimum Gasteiger partial charge on any atom is -0.291 e. The van der Waals surface area contributed by atoms with E-state index in [0.29, 0.717) is 6.54 Å². The van der Waals surface area contributed by atoms with E-state index in [1.807, 2.05) is 16.9 Å². The van der Waals surface area contributed by atoms with E-state index in [2.05, 4.69) is 45.9 Å². The van der Waals surface area contributed by atoms with Crippen LogP contribution >= 0.6 is 0 Å². The predicted molar refractivity (Wildman–Crippen MR) is 98.7 cm³/mol. The molecule has 0 aliphatic carbocycles. The largest absolute Gasteiger partial charge is 0.291 e. The summed E-state index contributed by atoms with van der Waals surface area (Å²) in [6, 6.07) is 11.0. The molecule has 1 aromatic heterocycles. The zero-order valence-corrected chi connectivity index (χ0v) is 15.7. The zero-order chi connectivity index (χ0) is 17.9. The lowest BCUT2D eigenvalue weighted by molar-refractivity contribution is 0.162. The predicted octanol–water partition coefficient (Wildman–Crippen LogP) is 1.94. The van der Waals surface area contributed by atoms with Gasteiger partial charge in [-0.3, -0.25) is 9.58 Å². The van der Waals surface area contributed by atoms with Crippen LogP contribution in [0.25, 0.3) is 0 Å². The Morgan fingerprint density at radius 1 is 1.20 bits per heavy atom. The van der Waals surface area contributed by atoms with Gasteiger partial charge in [-0.05, 0) is 30.0 Å². The van der Waals surface area contributed by atoms with Crippen molar-refractivity contribution < 1.29 is 8.42 Å². The van der Waals surface area contributed by atoms with E-state index in [1.54, 1.807) is 0 Å². The number of rotatable bonds is 7. The number of sulfonamides is 1. The number of aromatic nitrogens is 2. The first-order valence-electron chi connectivity index (χ1n) is 8.72. The van der Waals surface area contributed by atoms with Gasteiger partial charge in [-0.25, -0.2) is 13.1 Å². The standard InChI is InChI=1S/C18H26N4O2S/c1-3-15-4-6-16(7-5-15)12-21-13-17-8-10-19-22(17)18(14-21)9-11-20-25(2,23)24/h4-8,10,18,20H,3,9,11-14H2,1-2H3/t18-/m0/s1. The van der Waals surface area contributed by atoms with E-state index in [0.717, 1.165) is 32.5 Å². The Morgan fingerprint density at radius 3 is 2.60 bits per heavy atom. The molecule has 1 aromatic carbocycles. The van der Waals surface area contributed by atoms with Gasteiger partial charge in [0, 0.05) is 32.4 Å². The van der Waals surface area contributed by atoms with Crippen molar-refractivity contribution in [2.75, 3.05) is 19.3 Å². The summed E-state index contributed by atoms with van der Waals surface area (Å²) in [4.78, 5) is 2.41. The fourth-order valence-corrected chi connectivity index (χ4v) is 3.84. The Hall–Kier alpha value is -1.70. The van der Waals surface area contributed by atoms with Crippen molar-refractivity contribution in [3.05, 3.63) is 53.3 Å². The van der Waals surface area contributed by atoms with Gasteiger partial charge < -0.3 is 0 Å². The second-order valence-electron chi connectivity index (χ2n) is 6.72. The number of nitrogens with zero attached hydrogens (tertiary/aromatic N) is 3. The van der Waals surface area contributed by atoms with Crippen LogP contribution in [-0.2, 0) is 29.5 Å². The highest BCUT2D eigenvalue weighted by molar-refractivity contribution is 7.88. The maximum absolute atomic E-state index is 11.3. The van der Waals surface area contributed by atoms with Gasteiger partial charge in [0.1, 0.15) is 0 Å². The molecule has 1 N–H and O–H groups in total. The summed E-state index contributed by atoms with van der Waals surface area (Å²) in [5.41, 5.74) is 3.84. The Labute approximate surface area is 149 Å². The van der Waals surface area contributed by atoms with Crippen molar-refractivity contribution in [1.82, 2.24) is 19.4 Å². The van der Waals surface area contributed by atoms with Crippen molar-refractivity contribution in [3.63, 3.8) is 0 Å². The first-order valence-corrected chi connectivity index (χ1v) is 10.6. The molecular weight excluding hydrogens is 336 g/mol.